The predicted molar refractivity (Wildman–Crippen MR) is 62.5 cm³/mol. The number of hydrogen-bond acceptors (Lipinski definition) is 4. The fourth-order valence-electron chi connectivity index (χ4n) is 1.03. The van der Waals surface area contributed by atoms with Crippen molar-refractivity contribution in [3.63, 3.8) is 0 Å². The zero-order valence-electron chi connectivity index (χ0n) is 8.60. The van der Waals surface area contributed by atoms with Gasteiger partial charge in [0, 0.05) is 22.9 Å². The fourth-order valence-corrected chi connectivity index (χ4v) is 1.99. The average Bonchev–Trinajstić information content (AvgIpc) is 2.26. The number of hydrogen-bond donors (Lipinski definition) is 2. The van der Waals surface area contributed by atoms with Crippen LogP contribution in [0.25, 0.3) is 0 Å². The molecule has 0 radical (unpaired) electrons. The van der Waals surface area contributed by atoms with Crippen LogP contribution in [-0.4, -0.2) is 17.5 Å². The van der Waals surface area contributed by atoms with Crippen LogP contribution in [0.2, 0.25) is 0 Å². The summed E-state index contributed by atoms with van der Waals surface area (Å²) in [7, 11) is 0. The maximum Gasteiger partial charge on any atom is 0.0992 e. The summed E-state index contributed by atoms with van der Waals surface area (Å²) in [6.45, 7) is 2.16. The van der Waals surface area contributed by atoms with Crippen molar-refractivity contribution in [3.05, 3.63) is 23.8 Å². The lowest BCUT2D eigenvalue weighted by atomic mass is 10.2. The second-order valence-electron chi connectivity index (χ2n) is 3.46. The smallest absolute Gasteiger partial charge is 0.0992 e. The number of aliphatic hydroxyl groups excluding tert-OH is 1. The molecule has 0 aliphatic carbocycles. The van der Waals surface area contributed by atoms with Gasteiger partial charge in [-0.1, -0.05) is 6.92 Å². The van der Waals surface area contributed by atoms with E-state index >= 15 is 0 Å². The van der Waals surface area contributed by atoms with E-state index in [4.69, 9.17) is 16.1 Å². The summed E-state index contributed by atoms with van der Waals surface area (Å²) >= 11 is 1.60. The van der Waals surface area contributed by atoms with E-state index in [1.165, 1.54) is 0 Å². The molecule has 3 nitrogen and oxygen atoms in total. The zero-order chi connectivity index (χ0) is 11.3. The average molecular weight is 222 g/mol. The van der Waals surface area contributed by atoms with Crippen LogP contribution < -0.4 is 5.73 Å². The van der Waals surface area contributed by atoms with Crippen LogP contribution in [-0.2, 0) is 0 Å². The highest BCUT2D eigenvalue weighted by atomic mass is 32.2. The number of benzene rings is 1. The van der Waals surface area contributed by atoms with Crippen molar-refractivity contribution < 1.29 is 5.11 Å². The maximum atomic E-state index is 8.88. The van der Waals surface area contributed by atoms with E-state index in [0.29, 0.717) is 11.3 Å². The number of nitrogen functional groups attached to an aromatic ring is 1. The third kappa shape index (κ3) is 3.46. The molecule has 3 N–H and O–H groups in total. The molecular weight excluding hydrogens is 208 g/mol. The Balaban J connectivity index is 2.67. The summed E-state index contributed by atoms with van der Waals surface area (Å²) in [5, 5.41) is 17.5. The second-order valence-corrected chi connectivity index (χ2v) is 4.52. The van der Waals surface area contributed by atoms with Gasteiger partial charge in [-0.3, -0.25) is 0 Å². The summed E-state index contributed by atoms with van der Waals surface area (Å²) in [6.07, 6.45) is 0. The van der Waals surface area contributed by atoms with Gasteiger partial charge in [-0.2, -0.15) is 5.26 Å². The Hall–Kier alpha value is -1.18. The largest absolute Gasteiger partial charge is 0.398 e. The molecule has 0 heterocycles. The van der Waals surface area contributed by atoms with Crippen molar-refractivity contribution in [3.8, 4) is 6.07 Å². The zero-order valence-corrected chi connectivity index (χ0v) is 9.42. The Morgan fingerprint density at radius 2 is 2.33 bits per heavy atom. The van der Waals surface area contributed by atoms with E-state index in [0.717, 1.165) is 10.6 Å². The van der Waals surface area contributed by atoms with E-state index < -0.39 is 0 Å². The first-order valence-electron chi connectivity index (χ1n) is 4.70. The molecule has 15 heavy (non-hydrogen) atoms. The third-order valence-corrected chi connectivity index (χ3v) is 3.39. The third-order valence-electron chi connectivity index (χ3n) is 1.97. The number of thioether (sulfide) groups is 1. The molecule has 0 aromatic heterocycles. The molecule has 0 bridgehead atoms. The summed E-state index contributed by atoms with van der Waals surface area (Å²) in [6, 6.07) is 7.32. The lowest BCUT2D eigenvalue weighted by Crippen LogP contribution is -2.03. The normalized spacial score (nSPS) is 12.1. The van der Waals surface area contributed by atoms with Crippen LogP contribution in [0.4, 0.5) is 5.69 Å². The van der Waals surface area contributed by atoms with Gasteiger partial charge in [0.2, 0.25) is 0 Å². The molecule has 0 aliphatic heterocycles. The monoisotopic (exact) mass is 222 g/mol. The van der Waals surface area contributed by atoms with Crippen LogP contribution in [0.5, 0.6) is 0 Å². The standard InChI is InChI=1S/C11H14N2OS/c1-8(6-14)7-15-11-3-2-9(5-12)4-10(11)13/h2-4,8,14H,6-7,13H2,1H3. The van der Waals surface area contributed by atoms with Gasteiger partial charge >= 0.3 is 0 Å². The van der Waals surface area contributed by atoms with Crippen molar-refractivity contribution >= 4 is 17.4 Å². The molecule has 0 saturated carbocycles. The number of anilines is 1. The van der Waals surface area contributed by atoms with Gasteiger partial charge in [0.05, 0.1) is 11.6 Å². The number of aliphatic hydroxyl groups is 1. The molecule has 1 unspecified atom stereocenters. The first-order valence-corrected chi connectivity index (χ1v) is 5.69. The van der Waals surface area contributed by atoms with Crippen molar-refractivity contribution in [2.75, 3.05) is 18.1 Å². The number of rotatable bonds is 4. The quantitative estimate of drug-likeness (QED) is 0.602. The van der Waals surface area contributed by atoms with E-state index in [9.17, 15) is 0 Å². The molecule has 1 aromatic rings. The van der Waals surface area contributed by atoms with Gasteiger partial charge in [-0.05, 0) is 24.1 Å². The van der Waals surface area contributed by atoms with Crippen LogP contribution in [0, 0.1) is 17.2 Å². The molecule has 0 fully saturated rings. The van der Waals surface area contributed by atoms with E-state index in [1.807, 2.05) is 19.1 Å². The Morgan fingerprint density at radius 3 is 2.87 bits per heavy atom. The van der Waals surface area contributed by atoms with Crippen molar-refractivity contribution in [2.45, 2.75) is 11.8 Å². The molecule has 0 spiro atoms. The van der Waals surface area contributed by atoms with Gasteiger partial charge in [0.15, 0.2) is 0 Å². The highest BCUT2D eigenvalue weighted by molar-refractivity contribution is 7.99. The Bertz CT molecular complexity index is 373. The van der Waals surface area contributed by atoms with Crippen LogP contribution >= 0.6 is 11.8 Å². The predicted octanol–water partition coefficient (Wildman–Crippen LogP) is 1.86. The topological polar surface area (TPSA) is 70.0 Å². The molecular formula is C11H14N2OS. The highest BCUT2D eigenvalue weighted by Gasteiger charge is 2.04. The van der Waals surface area contributed by atoms with Gasteiger partial charge < -0.3 is 10.8 Å². The molecule has 4 heteroatoms. The summed E-state index contributed by atoms with van der Waals surface area (Å²) in [5.41, 5.74) is 7.00. The molecule has 0 aliphatic rings. The van der Waals surface area contributed by atoms with E-state index in [-0.39, 0.29) is 12.5 Å². The summed E-state index contributed by atoms with van der Waals surface area (Å²) < 4.78 is 0. The molecule has 0 amide bonds. The van der Waals surface area contributed by atoms with Gasteiger partial charge in [-0.15, -0.1) is 11.8 Å². The minimum absolute atomic E-state index is 0.184. The van der Waals surface area contributed by atoms with Crippen molar-refractivity contribution in [1.82, 2.24) is 0 Å². The maximum absolute atomic E-state index is 8.88. The van der Waals surface area contributed by atoms with Crippen LogP contribution in [0.15, 0.2) is 23.1 Å². The Kier molecular flexibility index (Phi) is 4.47. The molecule has 0 saturated heterocycles. The SMILES string of the molecule is CC(CO)CSc1ccc(C#N)cc1N. The first-order chi connectivity index (χ1) is 7.17. The van der Waals surface area contributed by atoms with E-state index in [1.54, 1.807) is 23.9 Å². The Labute approximate surface area is 93.9 Å². The molecule has 1 atom stereocenters. The number of nitrogens with two attached hydrogens (primary N) is 1. The lowest BCUT2D eigenvalue weighted by Gasteiger charge is -2.09. The van der Waals surface area contributed by atoms with Gasteiger partial charge in [0.25, 0.3) is 0 Å². The van der Waals surface area contributed by atoms with Crippen molar-refractivity contribution in [1.29, 1.82) is 5.26 Å². The highest BCUT2D eigenvalue weighted by Crippen LogP contribution is 2.27. The minimum Gasteiger partial charge on any atom is -0.398 e. The number of nitriles is 1. The van der Waals surface area contributed by atoms with Crippen molar-refractivity contribution in [2.24, 2.45) is 5.92 Å². The Morgan fingerprint density at radius 1 is 1.60 bits per heavy atom. The molecule has 80 valence electrons. The van der Waals surface area contributed by atoms with Crippen LogP contribution in [0.1, 0.15) is 12.5 Å². The van der Waals surface area contributed by atoms with Crippen LogP contribution in [0.3, 0.4) is 0 Å². The fraction of sp³-hybridized carbons (Fsp3) is 0.364. The minimum atomic E-state index is 0.184. The molecule has 1 aromatic carbocycles. The number of nitrogens with zero attached hydrogens (tertiary/aromatic N) is 1. The summed E-state index contributed by atoms with van der Waals surface area (Å²) in [4.78, 5) is 0.967. The summed E-state index contributed by atoms with van der Waals surface area (Å²) in [5.74, 6) is 1.08. The first kappa shape index (κ1) is 11.9. The van der Waals surface area contributed by atoms with Gasteiger partial charge in [-0.25, -0.2) is 0 Å². The van der Waals surface area contributed by atoms with E-state index in [2.05, 4.69) is 0 Å². The van der Waals surface area contributed by atoms with Gasteiger partial charge in [0.1, 0.15) is 0 Å². The second kappa shape index (κ2) is 5.64. The molecule has 1 rings (SSSR count). The lowest BCUT2D eigenvalue weighted by molar-refractivity contribution is 0.250.